The second-order valence-corrected chi connectivity index (χ2v) is 5.19. The highest BCUT2D eigenvalue weighted by Crippen LogP contribution is 2.19. The standard InChI is InChI=1S/C13H23NO3/c15-12(11-6-8-17-10-11)9-14-7-4-2-1-3-5-13(14)16/h11-12,15H,1-10H2. The van der Waals surface area contributed by atoms with Crippen LogP contribution in [0, 0.1) is 5.92 Å². The molecule has 0 bridgehead atoms. The number of rotatable bonds is 3. The van der Waals surface area contributed by atoms with Gasteiger partial charge in [-0.2, -0.15) is 0 Å². The maximum absolute atomic E-state index is 11.9. The Morgan fingerprint density at radius 3 is 2.94 bits per heavy atom. The number of β-amino-alcohol motifs (C(OH)–C–C–N with tert-alkyl or cyclic N) is 1. The number of nitrogens with zero attached hydrogens (tertiary/aromatic N) is 1. The summed E-state index contributed by atoms with van der Waals surface area (Å²) < 4.78 is 5.28. The number of aliphatic hydroxyl groups is 1. The van der Waals surface area contributed by atoms with Crippen LogP contribution in [0.1, 0.15) is 38.5 Å². The Balaban J connectivity index is 1.83. The van der Waals surface area contributed by atoms with Crippen molar-refractivity contribution >= 4 is 5.91 Å². The third-order valence-corrected chi connectivity index (χ3v) is 3.84. The molecule has 2 unspecified atom stereocenters. The maximum atomic E-state index is 11.9. The molecular formula is C13H23NO3. The Bertz CT molecular complexity index is 251. The second-order valence-electron chi connectivity index (χ2n) is 5.19. The highest BCUT2D eigenvalue weighted by Gasteiger charge is 2.27. The first-order valence-electron chi connectivity index (χ1n) is 6.81. The minimum atomic E-state index is -0.416. The van der Waals surface area contributed by atoms with Crippen LogP contribution < -0.4 is 0 Å². The molecule has 17 heavy (non-hydrogen) atoms. The van der Waals surface area contributed by atoms with E-state index in [1.807, 2.05) is 4.90 Å². The van der Waals surface area contributed by atoms with Gasteiger partial charge in [-0.3, -0.25) is 4.79 Å². The lowest BCUT2D eigenvalue weighted by molar-refractivity contribution is -0.133. The molecule has 4 heteroatoms. The van der Waals surface area contributed by atoms with E-state index in [0.717, 1.165) is 32.4 Å². The molecule has 2 saturated heterocycles. The second kappa shape index (κ2) is 6.36. The lowest BCUT2D eigenvalue weighted by Crippen LogP contribution is -2.41. The van der Waals surface area contributed by atoms with E-state index in [-0.39, 0.29) is 11.8 Å². The Labute approximate surface area is 103 Å². The van der Waals surface area contributed by atoms with E-state index in [9.17, 15) is 9.90 Å². The molecule has 0 radical (unpaired) electrons. The van der Waals surface area contributed by atoms with Crippen LogP contribution in [0.15, 0.2) is 0 Å². The monoisotopic (exact) mass is 241 g/mol. The fourth-order valence-electron chi connectivity index (χ4n) is 2.64. The highest BCUT2D eigenvalue weighted by molar-refractivity contribution is 5.76. The molecule has 0 aromatic carbocycles. The Morgan fingerprint density at radius 1 is 1.35 bits per heavy atom. The number of aliphatic hydroxyl groups excluding tert-OH is 1. The van der Waals surface area contributed by atoms with E-state index in [1.165, 1.54) is 12.8 Å². The number of ether oxygens (including phenoxy) is 1. The van der Waals surface area contributed by atoms with E-state index >= 15 is 0 Å². The summed E-state index contributed by atoms with van der Waals surface area (Å²) in [7, 11) is 0. The van der Waals surface area contributed by atoms with Crippen LogP contribution in [0.4, 0.5) is 0 Å². The molecule has 2 heterocycles. The molecule has 98 valence electrons. The number of hydrogen-bond acceptors (Lipinski definition) is 3. The zero-order valence-electron chi connectivity index (χ0n) is 10.4. The van der Waals surface area contributed by atoms with Gasteiger partial charge in [0.05, 0.1) is 12.7 Å². The van der Waals surface area contributed by atoms with Crippen molar-refractivity contribution in [2.75, 3.05) is 26.3 Å². The molecule has 2 aliphatic rings. The lowest BCUT2D eigenvalue weighted by atomic mass is 10.0. The third kappa shape index (κ3) is 3.68. The summed E-state index contributed by atoms with van der Waals surface area (Å²) in [4.78, 5) is 13.8. The summed E-state index contributed by atoms with van der Waals surface area (Å²) in [5.41, 5.74) is 0. The summed E-state index contributed by atoms with van der Waals surface area (Å²) in [6.45, 7) is 2.69. The summed E-state index contributed by atoms with van der Waals surface area (Å²) >= 11 is 0. The minimum Gasteiger partial charge on any atom is -0.391 e. The molecule has 2 rings (SSSR count). The van der Waals surface area contributed by atoms with Gasteiger partial charge in [-0.1, -0.05) is 12.8 Å². The Morgan fingerprint density at radius 2 is 2.18 bits per heavy atom. The first-order chi connectivity index (χ1) is 8.27. The van der Waals surface area contributed by atoms with Gasteiger partial charge in [-0.15, -0.1) is 0 Å². The average molecular weight is 241 g/mol. The Kier molecular flexibility index (Phi) is 4.80. The molecule has 0 aromatic rings. The molecule has 0 saturated carbocycles. The molecule has 2 fully saturated rings. The molecule has 1 N–H and O–H groups in total. The number of likely N-dealkylation sites (tertiary alicyclic amines) is 1. The predicted molar refractivity (Wildman–Crippen MR) is 64.6 cm³/mol. The average Bonchev–Trinajstić information content (AvgIpc) is 2.82. The van der Waals surface area contributed by atoms with Crippen LogP contribution in [-0.2, 0) is 9.53 Å². The van der Waals surface area contributed by atoms with Crippen molar-refractivity contribution in [3.63, 3.8) is 0 Å². The van der Waals surface area contributed by atoms with Gasteiger partial charge < -0.3 is 14.7 Å². The molecule has 4 nitrogen and oxygen atoms in total. The summed E-state index contributed by atoms with van der Waals surface area (Å²) in [5, 5.41) is 10.1. The van der Waals surface area contributed by atoms with Gasteiger partial charge >= 0.3 is 0 Å². The predicted octanol–water partition coefficient (Wildman–Crippen LogP) is 1.18. The maximum Gasteiger partial charge on any atom is 0.222 e. The number of carbonyl (C=O) groups is 1. The zero-order valence-corrected chi connectivity index (χ0v) is 10.4. The van der Waals surface area contributed by atoms with Crippen molar-refractivity contribution in [3.8, 4) is 0 Å². The molecule has 1 amide bonds. The first-order valence-corrected chi connectivity index (χ1v) is 6.81. The first kappa shape index (κ1) is 12.8. The van der Waals surface area contributed by atoms with Gasteiger partial charge in [0, 0.05) is 32.0 Å². The SMILES string of the molecule is O=C1CCCCCCN1CC(O)C1CCOC1. The van der Waals surface area contributed by atoms with Crippen LogP contribution in [0.5, 0.6) is 0 Å². The van der Waals surface area contributed by atoms with Crippen molar-refractivity contribution in [1.29, 1.82) is 0 Å². The van der Waals surface area contributed by atoms with E-state index < -0.39 is 6.10 Å². The number of hydrogen-bond donors (Lipinski definition) is 1. The lowest BCUT2D eigenvalue weighted by Gasteiger charge is -2.28. The topological polar surface area (TPSA) is 49.8 Å². The molecule has 0 aromatic heterocycles. The zero-order chi connectivity index (χ0) is 12.1. The minimum absolute atomic E-state index is 0.211. The van der Waals surface area contributed by atoms with Gasteiger partial charge in [0.15, 0.2) is 0 Å². The molecule has 2 aliphatic heterocycles. The van der Waals surface area contributed by atoms with E-state index in [0.29, 0.717) is 19.6 Å². The largest absolute Gasteiger partial charge is 0.391 e. The van der Waals surface area contributed by atoms with Gasteiger partial charge in [-0.05, 0) is 19.3 Å². The quantitative estimate of drug-likeness (QED) is 0.807. The van der Waals surface area contributed by atoms with Gasteiger partial charge in [0.25, 0.3) is 0 Å². The highest BCUT2D eigenvalue weighted by atomic mass is 16.5. The Hall–Kier alpha value is -0.610. The number of carbonyl (C=O) groups excluding carboxylic acids is 1. The van der Waals surface area contributed by atoms with E-state index in [4.69, 9.17) is 4.74 Å². The van der Waals surface area contributed by atoms with Crippen LogP contribution >= 0.6 is 0 Å². The molecular weight excluding hydrogens is 218 g/mol. The summed E-state index contributed by atoms with van der Waals surface area (Å²) in [6, 6.07) is 0. The fourth-order valence-corrected chi connectivity index (χ4v) is 2.64. The third-order valence-electron chi connectivity index (χ3n) is 3.84. The summed E-state index contributed by atoms with van der Waals surface area (Å²) in [6.07, 6.45) is 5.58. The number of amides is 1. The van der Waals surface area contributed by atoms with Gasteiger partial charge in [0.2, 0.25) is 5.91 Å². The smallest absolute Gasteiger partial charge is 0.222 e. The van der Waals surface area contributed by atoms with Gasteiger partial charge in [-0.25, -0.2) is 0 Å². The fraction of sp³-hybridized carbons (Fsp3) is 0.923. The van der Waals surface area contributed by atoms with Crippen LogP contribution in [0.2, 0.25) is 0 Å². The molecule has 0 aliphatic carbocycles. The normalized spacial score (nSPS) is 28.9. The van der Waals surface area contributed by atoms with Gasteiger partial charge in [0.1, 0.15) is 0 Å². The molecule has 2 atom stereocenters. The van der Waals surface area contributed by atoms with Crippen LogP contribution in [0.3, 0.4) is 0 Å². The van der Waals surface area contributed by atoms with E-state index in [1.54, 1.807) is 0 Å². The van der Waals surface area contributed by atoms with Crippen molar-refractivity contribution in [2.24, 2.45) is 5.92 Å². The van der Waals surface area contributed by atoms with Crippen molar-refractivity contribution in [3.05, 3.63) is 0 Å². The van der Waals surface area contributed by atoms with Crippen molar-refractivity contribution < 1.29 is 14.6 Å². The van der Waals surface area contributed by atoms with Crippen molar-refractivity contribution in [1.82, 2.24) is 4.90 Å². The van der Waals surface area contributed by atoms with Crippen molar-refractivity contribution in [2.45, 2.75) is 44.6 Å². The van der Waals surface area contributed by atoms with Crippen LogP contribution in [-0.4, -0.2) is 48.3 Å². The summed E-state index contributed by atoms with van der Waals surface area (Å²) in [5.74, 6) is 0.427. The molecule has 0 spiro atoms. The van der Waals surface area contributed by atoms with Crippen LogP contribution in [0.25, 0.3) is 0 Å². The van der Waals surface area contributed by atoms with E-state index in [2.05, 4.69) is 0 Å².